The number of hydrogen-bond donors (Lipinski definition) is 2. The number of phenols is 1. The smallest absolute Gasteiger partial charge is 0.328 e. The highest BCUT2D eigenvalue weighted by Gasteiger charge is 2.40. The first kappa shape index (κ1) is 25.7. The number of likely N-dealkylation sites (tertiary alicyclic amines) is 1. The average molecular weight is 572 g/mol. The molecule has 2 atom stereocenters. The number of aromatic hydroxyl groups is 1. The van der Waals surface area contributed by atoms with Crippen molar-refractivity contribution in [2.24, 2.45) is 5.92 Å². The summed E-state index contributed by atoms with van der Waals surface area (Å²) in [6, 6.07) is 13.0. The average Bonchev–Trinajstić information content (AvgIpc) is 3.57. The number of rotatable bonds is 7. The van der Waals surface area contributed by atoms with Crippen molar-refractivity contribution in [3.63, 3.8) is 0 Å². The zero-order chi connectivity index (χ0) is 28.1. The normalized spacial score (nSPS) is 18.4. The maximum Gasteiger partial charge on any atom is 0.328 e. The Labute approximate surface area is 238 Å². The number of unbranched alkanes of at least 4 members (excludes halogenated alkanes) is 1. The summed E-state index contributed by atoms with van der Waals surface area (Å²) in [5.74, 6) is 2.12. The molecule has 0 radical (unpaired) electrons. The van der Waals surface area contributed by atoms with Crippen LogP contribution >= 0.6 is 11.3 Å². The molecule has 10 nitrogen and oxygen atoms in total. The van der Waals surface area contributed by atoms with Gasteiger partial charge in [0.1, 0.15) is 32.3 Å². The Morgan fingerprint density at radius 2 is 1.98 bits per heavy atom. The zero-order valence-corrected chi connectivity index (χ0v) is 23.3. The van der Waals surface area contributed by atoms with E-state index in [0.29, 0.717) is 63.2 Å². The topological polar surface area (TPSA) is 123 Å². The van der Waals surface area contributed by atoms with Crippen molar-refractivity contribution in [3.05, 3.63) is 75.1 Å². The fourth-order valence-electron chi connectivity index (χ4n) is 6.16. The van der Waals surface area contributed by atoms with E-state index in [2.05, 4.69) is 14.9 Å². The molecule has 1 fully saturated rings. The minimum atomic E-state index is -0.426. The van der Waals surface area contributed by atoms with Gasteiger partial charge in [0, 0.05) is 54.7 Å². The highest BCUT2D eigenvalue weighted by Crippen LogP contribution is 2.47. The lowest BCUT2D eigenvalue weighted by Crippen LogP contribution is -2.34. The van der Waals surface area contributed by atoms with Crippen molar-refractivity contribution < 1.29 is 14.6 Å². The van der Waals surface area contributed by atoms with Gasteiger partial charge in [0.25, 0.3) is 5.56 Å². The number of H-pyrrole nitrogens is 1. The van der Waals surface area contributed by atoms with E-state index in [1.807, 2.05) is 30.3 Å². The monoisotopic (exact) mass is 571 g/mol. The maximum absolute atomic E-state index is 13.3. The van der Waals surface area contributed by atoms with Crippen LogP contribution in [0.15, 0.2) is 58.3 Å². The second-order valence-corrected chi connectivity index (χ2v) is 11.7. The van der Waals surface area contributed by atoms with Crippen LogP contribution in [0.4, 0.5) is 0 Å². The fourth-order valence-corrected chi connectivity index (χ4v) is 7.15. The molecule has 2 aromatic carbocycles. The second kappa shape index (κ2) is 10.3. The van der Waals surface area contributed by atoms with E-state index >= 15 is 0 Å². The molecule has 0 bridgehead atoms. The summed E-state index contributed by atoms with van der Waals surface area (Å²) < 4.78 is 13.3. The summed E-state index contributed by atoms with van der Waals surface area (Å²) in [6.07, 6.45) is 3.24. The van der Waals surface area contributed by atoms with Crippen LogP contribution in [0.2, 0.25) is 0 Å². The third kappa shape index (κ3) is 4.54. The summed E-state index contributed by atoms with van der Waals surface area (Å²) in [7, 11) is 1.61. The molecule has 41 heavy (non-hydrogen) atoms. The Balaban J connectivity index is 1.04. The minimum Gasteiger partial charge on any atom is -0.508 e. The number of nitrogens with zero attached hydrogens (tertiary/aromatic N) is 4. The van der Waals surface area contributed by atoms with Crippen LogP contribution < -0.4 is 20.7 Å². The third-order valence-corrected chi connectivity index (χ3v) is 9.22. The van der Waals surface area contributed by atoms with E-state index in [-0.39, 0.29) is 17.2 Å². The second-order valence-electron chi connectivity index (χ2n) is 10.7. The van der Waals surface area contributed by atoms with E-state index in [0.717, 1.165) is 37.2 Å². The van der Waals surface area contributed by atoms with Crippen molar-refractivity contribution in [1.29, 1.82) is 0 Å². The number of phenolic OH excluding ortho intramolecular Hbond substituents is 1. The van der Waals surface area contributed by atoms with Crippen LogP contribution in [0.1, 0.15) is 24.3 Å². The van der Waals surface area contributed by atoms with Gasteiger partial charge in [-0.1, -0.05) is 30.3 Å². The van der Waals surface area contributed by atoms with Crippen LogP contribution in [-0.2, 0) is 6.54 Å². The first-order valence-corrected chi connectivity index (χ1v) is 14.6. The molecule has 0 unspecified atom stereocenters. The Hall–Kier alpha value is -4.22. The van der Waals surface area contributed by atoms with Crippen molar-refractivity contribution in [1.82, 2.24) is 24.4 Å². The van der Waals surface area contributed by atoms with Gasteiger partial charge in [-0.05, 0) is 19.4 Å². The maximum atomic E-state index is 13.3. The summed E-state index contributed by atoms with van der Waals surface area (Å²) in [6.45, 7) is 3.59. The lowest BCUT2D eigenvalue weighted by atomic mass is 9.86. The molecular formula is C30H29N5O5S. The Kier molecular flexibility index (Phi) is 6.47. The molecule has 2 aliphatic heterocycles. The molecule has 0 amide bonds. The number of thiophene rings is 1. The molecule has 0 saturated carbocycles. The molecular weight excluding hydrogens is 542 g/mol. The number of aromatic amines is 1. The van der Waals surface area contributed by atoms with Gasteiger partial charge in [0.2, 0.25) is 0 Å². The van der Waals surface area contributed by atoms with Gasteiger partial charge in [0.05, 0.1) is 31.1 Å². The SMILES string of the molecule is COc1cc(O)cc2c1[C@@H]1CN(CCCCn3c(=O)[nH]c4c(sc5ncc(-c6ccccc6)nc54)c3=O)C[C@@H]1CO2. The van der Waals surface area contributed by atoms with Crippen LogP contribution in [0.3, 0.4) is 0 Å². The summed E-state index contributed by atoms with van der Waals surface area (Å²) >= 11 is 1.26. The van der Waals surface area contributed by atoms with E-state index in [1.165, 1.54) is 15.9 Å². The summed E-state index contributed by atoms with van der Waals surface area (Å²) in [5.41, 5.74) is 2.91. The van der Waals surface area contributed by atoms with Crippen molar-refractivity contribution in [2.75, 3.05) is 33.4 Å². The number of benzene rings is 2. The van der Waals surface area contributed by atoms with Crippen molar-refractivity contribution >= 4 is 31.9 Å². The van der Waals surface area contributed by atoms with Gasteiger partial charge in [0.15, 0.2) is 0 Å². The molecule has 11 heteroatoms. The Bertz CT molecular complexity index is 1870. The van der Waals surface area contributed by atoms with E-state index < -0.39 is 5.69 Å². The number of aromatic nitrogens is 4. The van der Waals surface area contributed by atoms with Crippen molar-refractivity contribution in [3.8, 4) is 28.5 Å². The van der Waals surface area contributed by atoms with Crippen LogP contribution in [0, 0.1) is 5.92 Å². The van der Waals surface area contributed by atoms with Gasteiger partial charge >= 0.3 is 5.69 Å². The number of methoxy groups -OCH3 is 1. The van der Waals surface area contributed by atoms with E-state index in [4.69, 9.17) is 14.5 Å². The molecule has 0 aliphatic carbocycles. The molecule has 3 aromatic heterocycles. The number of nitrogens with one attached hydrogen (secondary N) is 1. The van der Waals surface area contributed by atoms with Crippen LogP contribution in [0.25, 0.3) is 31.8 Å². The van der Waals surface area contributed by atoms with Crippen molar-refractivity contribution in [2.45, 2.75) is 25.3 Å². The third-order valence-electron chi connectivity index (χ3n) is 8.14. The summed E-state index contributed by atoms with van der Waals surface area (Å²) in [4.78, 5) is 41.5. The quantitative estimate of drug-likeness (QED) is 0.282. The molecule has 2 N–H and O–H groups in total. The predicted molar refractivity (Wildman–Crippen MR) is 157 cm³/mol. The number of hydrogen-bond acceptors (Lipinski definition) is 9. The molecule has 2 aliphatic rings. The van der Waals surface area contributed by atoms with Gasteiger partial charge in [-0.25, -0.2) is 14.8 Å². The highest BCUT2D eigenvalue weighted by molar-refractivity contribution is 7.25. The fraction of sp³-hybridized carbons (Fsp3) is 0.333. The first-order chi connectivity index (χ1) is 20.0. The molecule has 1 saturated heterocycles. The van der Waals surface area contributed by atoms with Crippen LogP contribution in [0.5, 0.6) is 17.2 Å². The van der Waals surface area contributed by atoms with E-state index in [9.17, 15) is 14.7 Å². The lowest BCUT2D eigenvalue weighted by Gasteiger charge is -2.29. The Morgan fingerprint density at radius 1 is 1.15 bits per heavy atom. The van der Waals surface area contributed by atoms with Gasteiger partial charge < -0.3 is 24.5 Å². The molecule has 210 valence electrons. The Morgan fingerprint density at radius 3 is 2.80 bits per heavy atom. The first-order valence-electron chi connectivity index (χ1n) is 13.7. The van der Waals surface area contributed by atoms with E-state index in [1.54, 1.807) is 25.4 Å². The standard InChI is InChI=1S/C30H29N5O5S/c1-39-22-11-19(36)12-23-24(22)20-15-34(14-18(20)16-40-23)9-5-6-10-35-29(37)27-25(33-30(35)38)26-28(41-27)31-13-21(32-26)17-7-3-2-4-8-17/h2-4,7-8,11-13,18,20,36H,5-6,9-10,14-16H2,1H3,(H,33,38)/t18-,20-/m1/s1. The molecule has 7 rings (SSSR count). The summed E-state index contributed by atoms with van der Waals surface area (Å²) in [5, 5.41) is 9.99. The lowest BCUT2D eigenvalue weighted by molar-refractivity contribution is 0.208. The predicted octanol–water partition coefficient (Wildman–Crippen LogP) is 3.96. The molecule has 5 heterocycles. The minimum absolute atomic E-state index is 0.137. The zero-order valence-electron chi connectivity index (χ0n) is 22.5. The number of ether oxygens (including phenoxy) is 2. The largest absolute Gasteiger partial charge is 0.508 e. The van der Waals surface area contributed by atoms with Gasteiger partial charge in [-0.15, -0.1) is 11.3 Å². The highest BCUT2D eigenvalue weighted by atomic mass is 32.1. The molecule has 0 spiro atoms. The van der Waals surface area contributed by atoms with Crippen LogP contribution in [-0.4, -0.2) is 62.9 Å². The van der Waals surface area contributed by atoms with Gasteiger partial charge in [-0.3, -0.25) is 9.36 Å². The molecule has 5 aromatic rings. The number of fused-ring (bicyclic) bond motifs is 6. The van der Waals surface area contributed by atoms with Gasteiger partial charge in [-0.2, -0.15) is 0 Å².